The lowest BCUT2D eigenvalue weighted by Gasteiger charge is -2.34. The van der Waals surface area contributed by atoms with Gasteiger partial charge >= 0.3 is 17.8 Å². The largest absolute Gasteiger partial charge is 0.466 e. The summed E-state index contributed by atoms with van der Waals surface area (Å²) in [5.74, 6) is -1.32. The fraction of sp³-hybridized carbons (Fsp3) is 0.526. The Bertz CT molecular complexity index is 665. The molecule has 0 bridgehead atoms. The van der Waals surface area contributed by atoms with Gasteiger partial charge in [0.2, 0.25) is 0 Å². The number of aryl methyl sites for hydroxylation is 1. The van der Waals surface area contributed by atoms with Gasteiger partial charge in [-0.25, -0.2) is 0 Å². The van der Waals surface area contributed by atoms with Gasteiger partial charge in [0.1, 0.15) is 0 Å². The van der Waals surface area contributed by atoms with E-state index < -0.39 is 11.8 Å². The van der Waals surface area contributed by atoms with Crippen LogP contribution in [0.25, 0.3) is 0 Å². The molecule has 0 aliphatic carbocycles. The van der Waals surface area contributed by atoms with E-state index in [0.29, 0.717) is 39.1 Å². The molecular formula is C19H24N2O4. The van der Waals surface area contributed by atoms with E-state index in [-0.39, 0.29) is 11.9 Å². The van der Waals surface area contributed by atoms with Gasteiger partial charge in [-0.05, 0) is 44.2 Å². The Balaban J connectivity index is 1.63. The van der Waals surface area contributed by atoms with E-state index in [4.69, 9.17) is 4.74 Å². The van der Waals surface area contributed by atoms with Crippen LogP contribution in [0.4, 0.5) is 5.69 Å². The monoisotopic (exact) mass is 344 g/mol. The average molecular weight is 344 g/mol. The predicted octanol–water partition coefficient (Wildman–Crippen LogP) is 1.77. The number of nitrogens with zero attached hydrogens (tertiary/aromatic N) is 2. The Hall–Kier alpha value is -2.37. The summed E-state index contributed by atoms with van der Waals surface area (Å²) in [6.07, 6.45) is 2.89. The highest BCUT2D eigenvalue weighted by Gasteiger charge is 2.34. The number of hydrogen-bond acceptors (Lipinski definition) is 4. The molecule has 2 aliphatic heterocycles. The quantitative estimate of drug-likeness (QED) is 0.606. The van der Waals surface area contributed by atoms with Crippen LogP contribution in [0, 0.1) is 5.92 Å². The molecule has 2 aliphatic rings. The molecule has 0 spiro atoms. The molecule has 0 aromatic heterocycles. The first-order valence-electron chi connectivity index (χ1n) is 8.97. The standard InChI is InChI=1S/C19H24N2O4/c1-2-25-19(24)15-9-12-20(13-10-15)17(22)18(23)21-11-5-7-14-6-3-4-8-16(14)21/h3-4,6,8,15H,2,5,7,9-13H2,1H3. The number of rotatable bonds is 2. The van der Waals surface area contributed by atoms with E-state index in [1.54, 1.807) is 16.7 Å². The van der Waals surface area contributed by atoms with Gasteiger partial charge in [0.15, 0.2) is 0 Å². The van der Waals surface area contributed by atoms with Gasteiger partial charge in [-0.3, -0.25) is 14.4 Å². The average Bonchev–Trinajstić information content (AvgIpc) is 2.66. The van der Waals surface area contributed by atoms with Crippen LogP contribution in [-0.2, 0) is 25.5 Å². The molecule has 1 fully saturated rings. The highest BCUT2D eigenvalue weighted by atomic mass is 16.5. The van der Waals surface area contributed by atoms with Crippen LogP contribution < -0.4 is 4.90 Å². The van der Waals surface area contributed by atoms with Crippen molar-refractivity contribution in [1.82, 2.24) is 4.90 Å². The summed E-state index contributed by atoms with van der Waals surface area (Å²) < 4.78 is 5.04. The van der Waals surface area contributed by atoms with Gasteiger partial charge < -0.3 is 14.5 Å². The van der Waals surface area contributed by atoms with Crippen LogP contribution >= 0.6 is 0 Å². The van der Waals surface area contributed by atoms with Crippen LogP contribution in [0.15, 0.2) is 24.3 Å². The number of para-hydroxylation sites is 1. The van der Waals surface area contributed by atoms with E-state index >= 15 is 0 Å². The number of piperidine rings is 1. The maximum Gasteiger partial charge on any atom is 0.316 e. The molecule has 0 saturated carbocycles. The lowest BCUT2D eigenvalue weighted by Crippen LogP contribution is -2.50. The third-order valence-corrected chi connectivity index (χ3v) is 4.94. The molecule has 0 N–H and O–H groups in total. The molecule has 2 amide bonds. The Kier molecular flexibility index (Phi) is 5.36. The van der Waals surface area contributed by atoms with Crippen molar-refractivity contribution in [3.8, 4) is 0 Å². The minimum absolute atomic E-state index is 0.171. The van der Waals surface area contributed by atoms with Crippen LogP contribution in [0.5, 0.6) is 0 Å². The second-order valence-corrected chi connectivity index (χ2v) is 6.51. The number of fused-ring (bicyclic) bond motifs is 1. The molecule has 1 aromatic carbocycles. The fourth-order valence-corrected chi connectivity index (χ4v) is 3.57. The van der Waals surface area contributed by atoms with Crippen molar-refractivity contribution in [2.75, 3.05) is 31.1 Å². The van der Waals surface area contributed by atoms with Crippen molar-refractivity contribution < 1.29 is 19.1 Å². The Labute approximate surface area is 147 Å². The predicted molar refractivity (Wildman–Crippen MR) is 93.1 cm³/mol. The topological polar surface area (TPSA) is 66.9 Å². The van der Waals surface area contributed by atoms with E-state index in [2.05, 4.69) is 0 Å². The molecule has 2 heterocycles. The third kappa shape index (κ3) is 3.67. The summed E-state index contributed by atoms with van der Waals surface area (Å²) in [7, 11) is 0. The first kappa shape index (κ1) is 17.5. The molecule has 3 rings (SSSR count). The molecule has 1 aromatic rings. The Morgan fingerprint density at radius 3 is 2.52 bits per heavy atom. The fourth-order valence-electron chi connectivity index (χ4n) is 3.57. The molecule has 134 valence electrons. The van der Waals surface area contributed by atoms with Gasteiger partial charge in [0.05, 0.1) is 12.5 Å². The van der Waals surface area contributed by atoms with Gasteiger partial charge in [-0.1, -0.05) is 18.2 Å². The van der Waals surface area contributed by atoms with E-state index in [0.717, 1.165) is 24.1 Å². The van der Waals surface area contributed by atoms with E-state index in [9.17, 15) is 14.4 Å². The second kappa shape index (κ2) is 7.68. The summed E-state index contributed by atoms with van der Waals surface area (Å²) in [5, 5.41) is 0. The van der Waals surface area contributed by atoms with Gasteiger partial charge in [-0.2, -0.15) is 0 Å². The lowest BCUT2D eigenvalue weighted by molar-refractivity contribution is -0.152. The number of hydrogen-bond donors (Lipinski definition) is 0. The van der Waals surface area contributed by atoms with E-state index in [1.165, 1.54) is 0 Å². The van der Waals surface area contributed by atoms with Crippen LogP contribution in [-0.4, -0.2) is 48.9 Å². The number of carbonyl (C=O) groups excluding carboxylic acids is 3. The van der Waals surface area contributed by atoms with Gasteiger partial charge in [-0.15, -0.1) is 0 Å². The molecule has 25 heavy (non-hydrogen) atoms. The highest BCUT2D eigenvalue weighted by molar-refractivity contribution is 6.40. The number of likely N-dealkylation sites (tertiary alicyclic amines) is 1. The highest BCUT2D eigenvalue weighted by Crippen LogP contribution is 2.27. The van der Waals surface area contributed by atoms with Crippen molar-refractivity contribution in [3.63, 3.8) is 0 Å². The number of esters is 1. The minimum Gasteiger partial charge on any atom is -0.466 e. The minimum atomic E-state index is -0.473. The van der Waals surface area contributed by atoms with Crippen molar-refractivity contribution in [2.45, 2.75) is 32.6 Å². The SMILES string of the molecule is CCOC(=O)C1CCN(C(=O)C(=O)N2CCCc3ccccc32)CC1. The normalized spacial score (nSPS) is 17.8. The maximum absolute atomic E-state index is 12.7. The summed E-state index contributed by atoms with van der Waals surface area (Å²) >= 11 is 0. The number of benzene rings is 1. The molecule has 6 heteroatoms. The zero-order valence-corrected chi connectivity index (χ0v) is 14.6. The van der Waals surface area contributed by atoms with Gasteiger partial charge in [0.25, 0.3) is 0 Å². The van der Waals surface area contributed by atoms with Crippen LogP contribution in [0.2, 0.25) is 0 Å². The second-order valence-electron chi connectivity index (χ2n) is 6.51. The van der Waals surface area contributed by atoms with Crippen molar-refractivity contribution in [3.05, 3.63) is 29.8 Å². The zero-order valence-electron chi connectivity index (χ0n) is 14.6. The first-order valence-corrected chi connectivity index (χ1v) is 8.97. The number of carbonyl (C=O) groups is 3. The smallest absolute Gasteiger partial charge is 0.316 e. The molecular weight excluding hydrogens is 320 g/mol. The van der Waals surface area contributed by atoms with Crippen LogP contribution in [0.3, 0.4) is 0 Å². The molecule has 1 saturated heterocycles. The Morgan fingerprint density at radius 1 is 1.08 bits per heavy atom. The van der Waals surface area contributed by atoms with Crippen molar-refractivity contribution >= 4 is 23.5 Å². The molecule has 6 nitrogen and oxygen atoms in total. The van der Waals surface area contributed by atoms with Crippen molar-refractivity contribution in [2.24, 2.45) is 5.92 Å². The zero-order chi connectivity index (χ0) is 17.8. The Morgan fingerprint density at radius 2 is 1.80 bits per heavy atom. The summed E-state index contributed by atoms with van der Waals surface area (Å²) in [6, 6.07) is 7.74. The maximum atomic E-state index is 12.7. The summed E-state index contributed by atoms with van der Waals surface area (Å²) in [5.41, 5.74) is 1.95. The first-order chi connectivity index (χ1) is 12.1. The van der Waals surface area contributed by atoms with Gasteiger partial charge in [0, 0.05) is 25.3 Å². The number of anilines is 1. The number of ether oxygens (including phenoxy) is 1. The van der Waals surface area contributed by atoms with Crippen LogP contribution in [0.1, 0.15) is 31.7 Å². The van der Waals surface area contributed by atoms with Crippen molar-refractivity contribution in [1.29, 1.82) is 0 Å². The van der Waals surface area contributed by atoms with E-state index in [1.807, 2.05) is 24.3 Å². The lowest BCUT2D eigenvalue weighted by atomic mass is 9.96. The molecule has 0 radical (unpaired) electrons. The molecule has 0 atom stereocenters. The number of amides is 2. The third-order valence-electron chi connectivity index (χ3n) is 4.94. The molecule has 0 unspecified atom stereocenters. The summed E-state index contributed by atoms with van der Waals surface area (Å²) in [6.45, 7) is 3.56. The summed E-state index contributed by atoms with van der Waals surface area (Å²) in [4.78, 5) is 40.3.